The van der Waals surface area contributed by atoms with Crippen molar-refractivity contribution in [2.75, 3.05) is 0 Å². The van der Waals surface area contributed by atoms with Gasteiger partial charge in [0.1, 0.15) is 18.2 Å². The standard InChI is InChI=1S/C16H12ClF2N3O2/c1-9(18)15-21-22-16(24-15)10-2-4-12(20-7-10)8-23-14-5-3-11(19)6-13(14)17/h2-7,9H,8H2,1H3. The van der Waals surface area contributed by atoms with Crippen molar-refractivity contribution in [1.29, 1.82) is 0 Å². The first kappa shape index (κ1) is 16.3. The Kier molecular flexibility index (Phi) is 4.71. The number of pyridine rings is 1. The van der Waals surface area contributed by atoms with Gasteiger partial charge in [0.15, 0.2) is 6.17 Å². The molecule has 3 aromatic rings. The number of ether oxygens (including phenoxy) is 1. The zero-order valence-corrected chi connectivity index (χ0v) is 13.3. The smallest absolute Gasteiger partial charge is 0.250 e. The summed E-state index contributed by atoms with van der Waals surface area (Å²) in [7, 11) is 0. The molecule has 124 valence electrons. The second-order valence-electron chi connectivity index (χ2n) is 4.96. The zero-order chi connectivity index (χ0) is 17.1. The molecule has 0 aliphatic rings. The first-order valence-corrected chi connectivity index (χ1v) is 7.41. The molecule has 0 saturated heterocycles. The molecule has 3 rings (SSSR count). The molecular weight excluding hydrogens is 340 g/mol. The minimum absolute atomic E-state index is 0.0802. The van der Waals surface area contributed by atoms with E-state index in [0.717, 1.165) is 0 Å². The summed E-state index contributed by atoms with van der Waals surface area (Å²) in [5.41, 5.74) is 1.19. The van der Waals surface area contributed by atoms with Crippen molar-refractivity contribution < 1.29 is 17.9 Å². The van der Waals surface area contributed by atoms with Crippen LogP contribution < -0.4 is 4.74 Å². The van der Waals surface area contributed by atoms with Crippen LogP contribution in [0.2, 0.25) is 5.02 Å². The molecule has 2 heterocycles. The number of halogens is 3. The van der Waals surface area contributed by atoms with Crippen LogP contribution in [-0.4, -0.2) is 15.2 Å². The molecule has 1 aromatic carbocycles. The fourth-order valence-corrected chi connectivity index (χ4v) is 2.11. The highest BCUT2D eigenvalue weighted by Gasteiger charge is 2.14. The van der Waals surface area contributed by atoms with Gasteiger partial charge in [-0.05, 0) is 37.3 Å². The van der Waals surface area contributed by atoms with Crippen LogP contribution in [0.25, 0.3) is 11.5 Å². The minimum Gasteiger partial charge on any atom is -0.486 e. The summed E-state index contributed by atoms with van der Waals surface area (Å²) in [5.74, 6) is 0.0400. The largest absolute Gasteiger partial charge is 0.486 e. The summed E-state index contributed by atoms with van der Waals surface area (Å²) in [6.45, 7) is 1.47. The Labute approximate surface area is 141 Å². The molecule has 1 unspecified atom stereocenters. The molecule has 2 aromatic heterocycles. The number of alkyl halides is 1. The first-order valence-electron chi connectivity index (χ1n) is 7.03. The lowest BCUT2D eigenvalue weighted by molar-refractivity contribution is 0.300. The van der Waals surface area contributed by atoms with Crippen molar-refractivity contribution >= 4 is 11.6 Å². The second-order valence-corrected chi connectivity index (χ2v) is 5.37. The van der Waals surface area contributed by atoms with E-state index in [0.29, 0.717) is 17.0 Å². The van der Waals surface area contributed by atoms with Crippen LogP contribution in [0.3, 0.4) is 0 Å². The third kappa shape index (κ3) is 3.68. The Hall–Kier alpha value is -2.54. The van der Waals surface area contributed by atoms with Gasteiger partial charge in [-0.2, -0.15) is 0 Å². The van der Waals surface area contributed by atoms with Gasteiger partial charge in [0, 0.05) is 6.20 Å². The Bertz CT molecular complexity index is 838. The van der Waals surface area contributed by atoms with E-state index in [-0.39, 0.29) is 23.4 Å². The van der Waals surface area contributed by atoms with E-state index in [4.69, 9.17) is 20.8 Å². The molecule has 0 bridgehead atoms. The van der Waals surface area contributed by atoms with Crippen molar-refractivity contribution in [1.82, 2.24) is 15.2 Å². The molecular formula is C16H12ClF2N3O2. The second kappa shape index (κ2) is 6.92. The lowest BCUT2D eigenvalue weighted by Gasteiger charge is -2.07. The van der Waals surface area contributed by atoms with Crippen LogP contribution in [-0.2, 0) is 6.61 Å². The van der Waals surface area contributed by atoms with Crippen LogP contribution in [0.1, 0.15) is 24.7 Å². The predicted molar refractivity (Wildman–Crippen MR) is 82.8 cm³/mol. The van der Waals surface area contributed by atoms with Crippen molar-refractivity contribution in [3.63, 3.8) is 0 Å². The van der Waals surface area contributed by atoms with Crippen LogP contribution in [0.4, 0.5) is 8.78 Å². The van der Waals surface area contributed by atoms with Crippen molar-refractivity contribution in [3.05, 3.63) is 59.0 Å². The van der Waals surface area contributed by atoms with Crippen LogP contribution in [0.5, 0.6) is 5.75 Å². The maximum atomic E-state index is 13.1. The summed E-state index contributed by atoms with van der Waals surface area (Å²) in [6, 6.07) is 7.29. The SMILES string of the molecule is CC(F)c1nnc(-c2ccc(COc3ccc(F)cc3Cl)nc2)o1. The molecule has 0 aliphatic carbocycles. The molecule has 0 aliphatic heterocycles. The number of benzene rings is 1. The molecule has 0 N–H and O–H groups in total. The van der Waals surface area contributed by atoms with E-state index >= 15 is 0 Å². The lowest BCUT2D eigenvalue weighted by atomic mass is 10.2. The topological polar surface area (TPSA) is 61.0 Å². The maximum Gasteiger partial charge on any atom is 0.250 e. The van der Waals surface area contributed by atoms with Crippen molar-refractivity contribution in [3.8, 4) is 17.2 Å². The predicted octanol–water partition coefficient (Wildman–Crippen LogP) is 4.53. The molecule has 1 atom stereocenters. The molecule has 0 fully saturated rings. The van der Waals surface area contributed by atoms with Gasteiger partial charge in [0.2, 0.25) is 5.89 Å². The molecule has 5 nitrogen and oxygen atoms in total. The lowest BCUT2D eigenvalue weighted by Crippen LogP contribution is -1.98. The van der Waals surface area contributed by atoms with Gasteiger partial charge in [-0.25, -0.2) is 8.78 Å². The summed E-state index contributed by atoms with van der Waals surface area (Å²) in [4.78, 5) is 4.21. The Morgan fingerprint density at radius 1 is 1.25 bits per heavy atom. The number of rotatable bonds is 5. The van der Waals surface area contributed by atoms with E-state index in [1.807, 2.05) is 0 Å². The van der Waals surface area contributed by atoms with Gasteiger partial charge in [0.05, 0.1) is 16.3 Å². The van der Waals surface area contributed by atoms with Gasteiger partial charge in [0.25, 0.3) is 5.89 Å². The Morgan fingerprint density at radius 3 is 2.71 bits per heavy atom. The van der Waals surface area contributed by atoms with Crippen LogP contribution >= 0.6 is 11.6 Å². The van der Waals surface area contributed by atoms with E-state index in [2.05, 4.69) is 15.2 Å². The molecule has 0 saturated carbocycles. The number of nitrogens with zero attached hydrogens (tertiary/aromatic N) is 3. The maximum absolute atomic E-state index is 13.1. The van der Waals surface area contributed by atoms with Gasteiger partial charge < -0.3 is 9.15 Å². The van der Waals surface area contributed by atoms with Crippen molar-refractivity contribution in [2.45, 2.75) is 19.7 Å². The number of hydrogen-bond donors (Lipinski definition) is 0. The Morgan fingerprint density at radius 2 is 2.08 bits per heavy atom. The van der Waals surface area contributed by atoms with E-state index in [9.17, 15) is 8.78 Å². The van der Waals surface area contributed by atoms with Gasteiger partial charge in [-0.1, -0.05) is 11.6 Å². The normalized spacial score (nSPS) is 12.2. The third-order valence-corrected chi connectivity index (χ3v) is 3.42. The number of aromatic nitrogens is 3. The highest BCUT2D eigenvalue weighted by molar-refractivity contribution is 6.32. The molecule has 8 heteroatoms. The quantitative estimate of drug-likeness (QED) is 0.675. The molecule has 24 heavy (non-hydrogen) atoms. The average Bonchev–Trinajstić information content (AvgIpc) is 3.05. The molecule has 0 amide bonds. The highest BCUT2D eigenvalue weighted by atomic mass is 35.5. The summed E-state index contributed by atoms with van der Waals surface area (Å²) >= 11 is 5.89. The fraction of sp³-hybridized carbons (Fsp3) is 0.188. The van der Waals surface area contributed by atoms with E-state index in [1.165, 1.54) is 31.3 Å². The summed E-state index contributed by atoms with van der Waals surface area (Å²) in [6.07, 6.45) is 0.192. The number of hydrogen-bond acceptors (Lipinski definition) is 5. The van der Waals surface area contributed by atoms with Crippen LogP contribution in [0.15, 0.2) is 40.9 Å². The van der Waals surface area contributed by atoms with Crippen LogP contribution in [0, 0.1) is 5.82 Å². The Balaban J connectivity index is 1.68. The first-order chi connectivity index (χ1) is 11.5. The van der Waals surface area contributed by atoms with Gasteiger partial charge in [-0.15, -0.1) is 10.2 Å². The van der Waals surface area contributed by atoms with Gasteiger partial charge >= 0.3 is 0 Å². The monoisotopic (exact) mass is 351 g/mol. The summed E-state index contributed by atoms with van der Waals surface area (Å²) in [5, 5.41) is 7.57. The van der Waals surface area contributed by atoms with Gasteiger partial charge in [-0.3, -0.25) is 4.98 Å². The van der Waals surface area contributed by atoms with E-state index < -0.39 is 12.0 Å². The zero-order valence-electron chi connectivity index (χ0n) is 12.5. The molecule has 0 spiro atoms. The average molecular weight is 352 g/mol. The molecule has 0 radical (unpaired) electrons. The summed E-state index contributed by atoms with van der Waals surface area (Å²) < 4.78 is 36.8. The minimum atomic E-state index is -1.33. The van der Waals surface area contributed by atoms with E-state index in [1.54, 1.807) is 12.1 Å². The third-order valence-electron chi connectivity index (χ3n) is 3.12. The van der Waals surface area contributed by atoms with Crippen molar-refractivity contribution in [2.24, 2.45) is 0 Å². The highest BCUT2D eigenvalue weighted by Crippen LogP contribution is 2.26. The fourth-order valence-electron chi connectivity index (χ4n) is 1.89.